The van der Waals surface area contributed by atoms with Crippen molar-refractivity contribution in [2.45, 2.75) is 78.8 Å². The zero-order valence-electron chi connectivity index (χ0n) is 13.3. The second-order valence-electron chi connectivity index (χ2n) is 6.37. The average molecular weight is 254 g/mol. The van der Waals surface area contributed by atoms with Crippen molar-refractivity contribution in [1.29, 1.82) is 0 Å². The molecule has 0 aromatic heterocycles. The monoisotopic (exact) mass is 254 g/mol. The Labute approximate surface area is 115 Å². The third-order valence-electron chi connectivity index (χ3n) is 5.03. The van der Waals surface area contributed by atoms with Gasteiger partial charge in [0.15, 0.2) is 0 Å². The van der Waals surface area contributed by atoms with Crippen LogP contribution in [0.5, 0.6) is 0 Å². The lowest BCUT2D eigenvalue weighted by Gasteiger charge is -2.31. The first-order valence-corrected chi connectivity index (χ1v) is 8.04. The van der Waals surface area contributed by atoms with Crippen LogP contribution in [0.3, 0.4) is 0 Å². The molecule has 0 aromatic rings. The summed E-state index contributed by atoms with van der Waals surface area (Å²) in [6.07, 6.45) is 6.61. The summed E-state index contributed by atoms with van der Waals surface area (Å²) >= 11 is 0. The van der Waals surface area contributed by atoms with Gasteiger partial charge in [0.2, 0.25) is 0 Å². The van der Waals surface area contributed by atoms with Gasteiger partial charge in [-0.1, -0.05) is 20.8 Å². The molecule has 0 saturated carbocycles. The Hall–Kier alpha value is -0.0800. The van der Waals surface area contributed by atoms with Crippen molar-refractivity contribution in [2.75, 3.05) is 19.6 Å². The van der Waals surface area contributed by atoms with E-state index in [0.717, 1.165) is 12.6 Å². The Morgan fingerprint density at radius 2 is 1.83 bits per heavy atom. The first-order chi connectivity index (χ1) is 8.56. The van der Waals surface area contributed by atoms with Gasteiger partial charge in [-0.15, -0.1) is 0 Å². The van der Waals surface area contributed by atoms with E-state index in [0.29, 0.717) is 11.5 Å². The molecule has 2 atom stereocenters. The number of nitrogens with one attached hydrogen (secondary N) is 1. The summed E-state index contributed by atoms with van der Waals surface area (Å²) in [5.74, 6) is 0. The van der Waals surface area contributed by atoms with Gasteiger partial charge in [0.25, 0.3) is 0 Å². The SMILES string of the molecule is CCCNC(C)CC(C)N1CCC(CC)(CC)C1. The molecule has 108 valence electrons. The molecule has 1 aliphatic rings. The highest BCUT2D eigenvalue weighted by Gasteiger charge is 2.36. The number of likely N-dealkylation sites (tertiary alicyclic amines) is 1. The van der Waals surface area contributed by atoms with Gasteiger partial charge in [0, 0.05) is 18.6 Å². The fraction of sp³-hybridized carbons (Fsp3) is 1.00. The third kappa shape index (κ3) is 4.24. The van der Waals surface area contributed by atoms with E-state index < -0.39 is 0 Å². The zero-order valence-corrected chi connectivity index (χ0v) is 13.3. The third-order valence-corrected chi connectivity index (χ3v) is 5.03. The Morgan fingerprint density at radius 3 is 2.33 bits per heavy atom. The summed E-state index contributed by atoms with van der Waals surface area (Å²) in [4.78, 5) is 2.72. The second-order valence-corrected chi connectivity index (χ2v) is 6.37. The van der Waals surface area contributed by atoms with Crippen LogP contribution in [0, 0.1) is 5.41 Å². The highest BCUT2D eigenvalue weighted by atomic mass is 15.2. The normalized spacial score (nSPS) is 23.2. The van der Waals surface area contributed by atoms with E-state index in [1.54, 1.807) is 0 Å². The van der Waals surface area contributed by atoms with E-state index in [9.17, 15) is 0 Å². The van der Waals surface area contributed by atoms with E-state index in [1.807, 2.05) is 0 Å². The first kappa shape index (κ1) is 16.0. The lowest BCUT2D eigenvalue weighted by Crippen LogP contribution is -2.39. The summed E-state index contributed by atoms with van der Waals surface area (Å²) in [6, 6.07) is 1.38. The molecule has 1 rings (SSSR count). The summed E-state index contributed by atoms with van der Waals surface area (Å²) in [5, 5.41) is 3.61. The first-order valence-electron chi connectivity index (χ1n) is 8.04. The smallest absolute Gasteiger partial charge is 0.00818 e. The van der Waals surface area contributed by atoms with Gasteiger partial charge in [0.1, 0.15) is 0 Å². The van der Waals surface area contributed by atoms with Crippen LogP contribution >= 0.6 is 0 Å². The summed E-state index contributed by atoms with van der Waals surface area (Å²) in [7, 11) is 0. The van der Waals surface area contributed by atoms with E-state index in [1.165, 1.54) is 45.2 Å². The van der Waals surface area contributed by atoms with Crippen molar-refractivity contribution in [2.24, 2.45) is 5.41 Å². The Morgan fingerprint density at radius 1 is 1.17 bits per heavy atom. The van der Waals surface area contributed by atoms with Crippen LogP contribution in [0.1, 0.15) is 66.7 Å². The van der Waals surface area contributed by atoms with Crippen LogP contribution in [0.4, 0.5) is 0 Å². The maximum Gasteiger partial charge on any atom is 0.00818 e. The Bertz CT molecular complexity index is 223. The van der Waals surface area contributed by atoms with Crippen LogP contribution in [-0.4, -0.2) is 36.6 Å². The van der Waals surface area contributed by atoms with Crippen molar-refractivity contribution in [3.8, 4) is 0 Å². The van der Waals surface area contributed by atoms with Crippen molar-refractivity contribution < 1.29 is 0 Å². The average Bonchev–Trinajstić information content (AvgIpc) is 2.81. The highest BCUT2D eigenvalue weighted by molar-refractivity contribution is 4.90. The summed E-state index contributed by atoms with van der Waals surface area (Å²) in [5.41, 5.74) is 0.619. The molecular formula is C16H34N2. The lowest BCUT2D eigenvalue weighted by atomic mass is 9.82. The zero-order chi connectivity index (χ0) is 13.6. The molecule has 0 spiro atoms. The predicted octanol–water partition coefficient (Wildman–Crippen LogP) is 3.67. The molecule has 1 fully saturated rings. The predicted molar refractivity (Wildman–Crippen MR) is 81.0 cm³/mol. The molecule has 18 heavy (non-hydrogen) atoms. The molecule has 2 unspecified atom stereocenters. The molecule has 0 bridgehead atoms. The van der Waals surface area contributed by atoms with Crippen LogP contribution in [0.2, 0.25) is 0 Å². The molecule has 1 N–H and O–H groups in total. The van der Waals surface area contributed by atoms with Crippen molar-refractivity contribution >= 4 is 0 Å². The minimum atomic E-state index is 0.619. The maximum atomic E-state index is 3.61. The van der Waals surface area contributed by atoms with Gasteiger partial charge < -0.3 is 10.2 Å². The molecule has 0 aliphatic carbocycles. The van der Waals surface area contributed by atoms with Crippen LogP contribution in [-0.2, 0) is 0 Å². The fourth-order valence-corrected chi connectivity index (χ4v) is 3.31. The quantitative estimate of drug-likeness (QED) is 0.711. The van der Waals surface area contributed by atoms with Gasteiger partial charge in [-0.3, -0.25) is 0 Å². The van der Waals surface area contributed by atoms with Gasteiger partial charge in [-0.2, -0.15) is 0 Å². The van der Waals surface area contributed by atoms with Crippen molar-refractivity contribution in [3.63, 3.8) is 0 Å². The van der Waals surface area contributed by atoms with Gasteiger partial charge >= 0.3 is 0 Å². The van der Waals surface area contributed by atoms with E-state index in [2.05, 4.69) is 44.8 Å². The molecule has 2 heteroatoms. The molecule has 2 nitrogen and oxygen atoms in total. The highest BCUT2D eigenvalue weighted by Crippen LogP contribution is 2.38. The minimum Gasteiger partial charge on any atom is -0.314 e. The van der Waals surface area contributed by atoms with E-state index in [-0.39, 0.29) is 0 Å². The fourth-order valence-electron chi connectivity index (χ4n) is 3.31. The topological polar surface area (TPSA) is 15.3 Å². The Kier molecular flexibility index (Phi) is 6.65. The number of hydrogen-bond acceptors (Lipinski definition) is 2. The summed E-state index contributed by atoms with van der Waals surface area (Å²) in [6.45, 7) is 15.5. The van der Waals surface area contributed by atoms with Gasteiger partial charge in [-0.25, -0.2) is 0 Å². The molecule has 0 amide bonds. The number of nitrogens with zero attached hydrogens (tertiary/aromatic N) is 1. The molecule has 1 aliphatic heterocycles. The minimum absolute atomic E-state index is 0.619. The molecule has 1 heterocycles. The lowest BCUT2D eigenvalue weighted by molar-refractivity contribution is 0.188. The maximum absolute atomic E-state index is 3.61. The Balaban J connectivity index is 2.37. The second kappa shape index (κ2) is 7.49. The van der Waals surface area contributed by atoms with Gasteiger partial charge in [0.05, 0.1) is 0 Å². The summed E-state index contributed by atoms with van der Waals surface area (Å²) < 4.78 is 0. The van der Waals surface area contributed by atoms with Crippen molar-refractivity contribution in [1.82, 2.24) is 10.2 Å². The van der Waals surface area contributed by atoms with Crippen LogP contribution in [0.15, 0.2) is 0 Å². The standard InChI is InChI=1S/C16H34N2/c1-6-10-17-14(4)12-15(5)18-11-9-16(7-2,8-3)13-18/h14-15,17H,6-13H2,1-5H3. The van der Waals surface area contributed by atoms with Crippen LogP contribution in [0.25, 0.3) is 0 Å². The number of rotatable bonds is 8. The largest absolute Gasteiger partial charge is 0.314 e. The van der Waals surface area contributed by atoms with Gasteiger partial charge in [-0.05, 0) is 64.5 Å². The molecule has 0 radical (unpaired) electrons. The van der Waals surface area contributed by atoms with E-state index in [4.69, 9.17) is 0 Å². The van der Waals surface area contributed by atoms with Crippen molar-refractivity contribution in [3.05, 3.63) is 0 Å². The molecule has 1 saturated heterocycles. The van der Waals surface area contributed by atoms with Crippen LogP contribution < -0.4 is 5.32 Å². The van der Waals surface area contributed by atoms with E-state index >= 15 is 0 Å². The molecule has 0 aromatic carbocycles. The number of hydrogen-bond donors (Lipinski definition) is 1. The molecular weight excluding hydrogens is 220 g/mol.